The number of aromatic nitrogens is 2. The molecule has 0 aliphatic rings. The van der Waals surface area contributed by atoms with Crippen molar-refractivity contribution in [3.63, 3.8) is 0 Å². The van der Waals surface area contributed by atoms with Crippen molar-refractivity contribution >= 4 is 83.9 Å². The van der Waals surface area contributed by atoms with Crippen LogP contribution < -0.4 is 4.90 Å². The van der Waals surface area contributed by atoms with Crippen LogP contribution in [0.15, 0.2) is 162 Å². The Hall–Kier alpha value is -6.72. The minimum absolute atomic E-state index is 0.322. The molecule has 0 unspecified atom stereocenters. The number of nitrogens with zero attached hydrogens (tertiary/aromatic N) is 3. The van der Waals surface area contributed by atoms with Crippen molar-refractivity contribution in [3.8, 4) is 5.69 Å². The van der Waals surface area contributed by atoms with E-state index in [0.717, 1.165) is 44.4 Å². The fraction of sp³-hybridized carbons (Fsp3) is 0. The molecule has 4 nitrogen and oxygen atoms in total. The van der Waals surface area contributed by atoms with Crippen LogP contribution in [0.3, 0.4) is 0 Å². The van der Waals surface area contributed by atoms with Gasteiger partial charge in [-0.1, -0.05) is 78.9 Å². The Morgan fingerprint density at radius 2 is 1.40 bits per heavy atom. The minimum atomic E-state index is -0.322. The molecule has 0 N–H and O–H groups in total. The van der Waals surface area contributed by atoms with Crippen molar-refractivity contribution in [1.29, 1.82) is 0 Å². The summed E-state index contributed by atoms with van der Waals surface area (Å²) in [6.45, 7) is 0. The number of fused-ring (bicyclic) bond motifs is 3. The Bertz CT molecular complexity index is 2890. The highest BCUT2D eigenvalue weighted by Crippen LogP contribution is 2.41. The van der Waals surface area contributed by atoms with Crippen LogP contribution in [0.1, 0.15) is 11.1 Å². The number of hydrogen-bond donors (Lipinski definition) is 0. The summed E-state index contributed by atoms with van der Waals surface area (Å²) >= 11 is 0. The van der Waals surface area contributed by atoms with Crippen LogP contribution in [-0.2, 0) is 0 Å². The van der Waals surface area contributed by atoms with Crippen LogP contribution in [0.5, 0.6) is 0 Å². The highest BCUT2D eigenvalue weighted by molar-refractivity contribution is 6.24. The van der Waals surface area contributed by atoms with E-state index in [-0.39, 0.29) is 5.82 Å². The number of para-hydroxylation sites is 2. The molecule has 10 aromatic rings. The van der Waals surface area contributed by atoms with Crippen LogP contribution in [0.4, 0.5) is 21.6 Å². The van der Waals surface area contributed by atoms with E-state index in [2.05, 4.69) is 113 Å². The fourth-order valence-corrected chi connectivity index (χ4v) is 7.40. The van der Waals surface area contributed by atoms with Crippen molar-refractivity contribution in [2.45, 2.75) is 0 Å². The first-order valence-corrected chi connectivity index (χ1v) is 16.6. The number of rotatable bonds is 6. The maximum absolute atomic E-state index is 15.1. The number of halogens is 1. The van der Waals surface area contributed by atoms with Crippen LogP contribution in [-0.4, -0.2) is 9.55 Å². The SMILES string of the molecule is Fc1ccccc1N(c1ccc2oc3cc(/C=C/c4cc5ccc6cccc7c6c5c(c4)n7-c4ccccc4)ccc3c2c1)c1ccccn1. The summed E-state index contributed by atoms with van der Waals surface area (Å²) in [4.78, 5) is 6.38. The maximum atomic E-state index is 15.1. The van der Waals surface area contributed by atoms with E-state index in [0.29, 0.717) is 11.5 Å². The quantitative estimate of drug-likeness (QED) is 0.133. The third-order valence-corrected chi connectivity index (χ3v) is 9.61. The first-order valence-electron chi connectivity index (χ1n) is 16.6. The second kappa shape index (κ2) is 11.2. The van der Waals surface area contributed by atoms with Crippen molar-refractivity contribution < 1.29 is 8.81 Å². The van der Waals surface area contributed by atoms with Gasteiger partial charge in [0.25, 0.3) is 0 Å². The van der Waals surface area contributed by atoms with Gasteiger partial charge in [-0.25, -0.2) is 9.37 Å². The zero-order valence-electron chi connectivity index (χ0n) is 26.8. The Labute approximate surface area is 286 Å². The molecule has 0 saturated heterocycles. The molecule has 50 heavy (non-hydrogen) atoms. The third-order valence-electron chi connectivity index (χ3n) is 9.61. The Morgan fingerprint density at radius 1 is 0.580 bits per heavy atom. The maximum Gasteiger partial charge on any atom is 0.147 e. The van der Waals surface area contributed by atoms with Crippen molar-refractivity contribution in [1.82, 2.24) is 9.55 Å². The molecule has 0 radical (unpaired) electrons. The number of hydrogen-bond acceptors (Lipinski definition) is 3. The van der Waals surface area contributed by atoms with E-state index in [1.54, 1.807) is 18.3 Å². The van der Waals surface area contributed by atoms with Gasteiger partial charge < -0.3 is 8.98 Å². The first-order chi connectivity index (χ1) is 24.7. The summed E-state index contributed by atoms with van der Waals surface area (Å²) < 4.78 is 23.9. The smallest absolute Gasteiger partial charge is 0.147 e. The topological polar surface area (TPSA) is 34.2 Å². The van der Waals surface area contributed by atoms with Gasteiger partial charge in [-0.2, -0.15) is 0 Å². The normalized spacial score (nSPS) is 12.0. The van der Waals surface area contributed by atoms with Crippen LogP contribution in [0.25, 0.3) is 72.4 Å². The highest BCUT2D eigenvalue weighted by Gasteiger charge is 2.19. The van der Waals surface area contributed by atoms with Crippen molar-refractivity contribution in [2.24, 2.45) is 0 Å². The zero-order chi connectivity index (χ0) is 33.2. The van der Waals surface area contributed by atoms with Gasteiger partial charge >= 0.3 is 0 Å². The molecular weight excluding hydrogens is 618 g/mol. The van der Waals surface area contributed by atoms with Gasteiger partial charge in [-0.05, 0) is 107 Å². The molecule has 0 spiro atoms. The minimum Gasteiger partial charge on any atom is -0.456 e. The predicted octanol–water partition coefficient (Wildman–Crippen LogP) is 12.4. The summed E-state index contributed by atoms with van der Waals surface area (Å²) in [5.74, 6) is 0.307. The average molecular weight is 646 g/mol. The molecule has 7 aromatic carbocycles. The lowest BCUT2D eigenvalue weighted by atomic mass is 10.00. The van der Waals surface area contributed by atoms with E-state index in [4.69, 9.17) is 4.42 Å². The van der Waals surface area contributed by atoms with Crippen molar-refractivity contribution in [3.05, 3.63) is 175 Å². The molecule has 0 fully saturated rings. The number of furan rings is 1. The second-order valence-electron chi connectivity index (χ2n) is 12.6. The van der Waals surface area contributed by atoms with Crippen LogP contribution >= 0.6 is 0 Å². The molecule has 0 atom stereocenters. The van der Waals surface area contributed by atoms with Gasteiger partial charge in [-0.15, -0.1) is 0 Å². The Balaban J connectivity index is 1.05. The summed E-state index contributed by atoms with van der Waals surface area (Å²) in [7, 11) is 0. The standard InChI is InChI=1S/C45H28FN3O/c46-37-12-4-5-13-38(37)49(43-15-6-7-24-47-43)34-21-23-41-36(28-34)35-22-18-29(27-42(35)50-41)16-17-30-25-32-20-19-31-9-8-14-39-44(31)45(32)40(26-30)48(39)33-10-2-1-3-11-33/h1-28H/b17-16+. The highest BCUT2D eigenvalue weighted by atomic mass is 19.1. The number of anilines is 3. The monoisotopic (exact) mass is 645 g/mol. The first kappa shape index (κ1) is 28.3. The second-order valence-corrected chi connectivity index (χ2v) is 12.6. The average Bonchev–Trinajstić information content (AvgIpc) is 3.70. The molecule has 0 aliphatic heterocycles. The zero-order valence-corrected chi connectivity index (χ0v) is 26.8. The van der Waals surface area contributed by atoms with E-state index in [9.17, 15) is 0 Å². The molecule has 236 valence electrons. The molecule has 3 aromatic heterocycles. The lowest BCUT2D eigenvalue weighted by Gasteiger charge is -2.24. The molecule has 0 bridgehead atoms. The molecule has 3 heterocycles. The van der Waals surface area contributed by atoms with Crippen molar-refractivity contribution in [2.75, 3.05) is 4.90 Å². The summed E-state index contributed by atoms with van der Waals surface area (Å²) in [5, 5.41) is 7.01. The van der Waals surface area contributed by atoms with E-state index in [1.807, 2.05) is 47.4 Å². The van der Waals surface area contributed by atoms with E-state index >= 15 is 4.39 Å². The number of pyridine rings is 1. The van der Waals surface area contributed by atoms with Gasteiger partial charge in [0, 0.05) is 39.1 Å². The van der Waals surface area contributed by atoms with Gasteiger partial charge in [0.1, 0.15) is 22.8 Å². The van der Waals surface area contributed by atoms with E-state index < -0.39 is 0 Å². The Morgan fingerprint density at radius 3 is 2.28 bits per heavy atom. The van der Waals surface area contributed by atoms with Gasteiger partial charge in [-0.3, -0.25) is 4.90 Å². The molecule has 0 saturated carbocycles. The fourth-order valence-electron chi connectivity index (χ4n) is 7.40. The lowest BCUT2D eigenvalue weighted by molar-refractivity contribution is 0.628. The molecule has 0 amide bonds. The van der Waals surface area contributed by atoms with Gasteiger partial charge in [0.15, 0.2) is 0 Å². The third kappa shape index (κ3) is 4.48. The summed E-state index contributed by atoms with van der Waals surface area (Å²) in [5.41, 5.74) is 8.49. The summed E-state index contributed by atoms with van der Waals surface area (Å²) in [6, 6.07) is 50.8. The predicted molar refractivity (Wildman–Crippen MR) is 205 cm³/mol. The van der Waals surface area contributed by atoms with Crippen LogP contribution in [0.2, 0.25) is 0 Å². The molecule has 0 aliphatic carbocycles. The molecule has 10 rings (SSSR count). The van der Waals surface area contributed by atoms with E-state index in [1.165, 1.54) is 38.6 Å². The number of benzene rings is 7. The summed E-state index contributed by atoms with van der Waals surface area (Å²) in [6.07, 6.45) is 6.03. The molecule has 5 heteroatoms. The van der Waals surface area contributed by atoms with Crippen LogP contribution in [0, 0.1) is 5.82 Å². The lowest BCUT2D eigenvalue weighted by Crippen LogP contribution is -2.12. The van der Waals surface area contributed by atoms with Gasteiger partial charge in [0.05, 0.1) is 16.7 Å². The molecular formula is C45H28FN3O. The Kier molecular flexibility index (Phi) is 6.33. The largest absolute Gasteiger partial charge is 0.456 e. The van der Waals surface area contributed by atoms with Gasteiger partial charge in [0.2, 0.25) is 0 Å².